The molecule has 0 unspecified atom stereocenters. The van der Waals surface area contributed by atoms with E-state index in [1.807, 2.05) is 6.92 Å². The van der Waals surface area contributed by atoms with Crippen LogP contribution in [0, 0.1) is 0 Å². The number of rotatable bonds is 8. The molecule has 154 valence electrons. The van der Waals surface area contributed by atoms with Gasteiger partial charge in [0, 0.05) is 37.5 Å². The summed E-state index contributed by atoms with van der Waals surface area (Å²) in [5, 5.41) is 2.97. The summed E-state index contributed by atoms with van der Waals surface area (Å²) in [7, 11) is 0. The predicted molar refractivity (Wildman–Crippen MR) is 107 cm³/mol. The van der Waals surface area contributed by atoms with Crippen molar-refractivity contribution >= 4 is 17.6 Å². The number of piperidine rings is 1. The second-order valence-corrected chi connectivity index (χ2v) is 6.99. The largest absolute Gasteiger partial charge is 0.494 e. The highest BCUT2D eigenvalue weighted by Gasteiger charge is 2.25. The molecule has 2 aromatic rings. The first-order valence-corrected chi connectivity index (χ1v) is 9.95. The maximum absolute atomic E-state index is 12.3. The van der Waals surface area contributed by atoms with E-state index in [4.69, 9.17) is 9.15 Å². The number of nitrogens with zero attached hydrogens (tertiary/aromatic N) is 1. The molecule has 1 aromatic carbocycles. The molecule has 29 heavy (non-hydrogen) atoms. The summed E-state index contributed by atoms with van der Waals surface area (Å²) in [5.41, 5.74) is 0.575. The molecule has 2 heterocycles. The zero-order valence-corrected chi connectivity index (χ0v) is 16.6. The minimum absolute atomic E-state index is 0.0173. The van der Waals surface area contributed by atoms with Crippen molar-refractivity contribution in [2.75, 3.05) is 19.7 Å². The molecule has 0 bridgehead atoms. The number of hydrogen-bond donors (Lipinski definition) is 1. The molecule has 1 fully saturated rings. The Morgan fingerprint density at radius 2 is 1.83 bits per heavy atom. The monoisotopic (exact) mass is 398 g/mol. The Balaban J connectivity index is 1.38. The lowest BCUT2D eigenvalue weighted by Gasteiger charge is -2.31. The van der Waals surface area contributed by atoms with Gasteiger partial charge in [0.25, 0.3) is 5.91 Å². The van der Waals surface area contributed by atoms with Gasteiger partial charge in [0.2, 0.25) is 5.91 Å². The maximum atomic E-state index is 12.3. The van der Waals surface area contributed by atoms with Crippen LogP contribution in [0.3, 0.4) is 0 Å². The van der Waals surface area contributed by atoms with Crippen molar-refractivity contribution in [3.05, 3.63) is 54.0 Å². The first-order chi connectivity index (χ1) is 14.1. The van der Waals surface area contributed by atoms with E-state index in [0.717, 1.165) is 5.75 Å². The van der Waals surface area contributed by atoms with E-state index >= 15 is 0 Å². The Labute approximate surface area is 170 Å². The number of hydrogen-bond acceptors (Lipinski definition) is 5. The van der Waals surface area contributed by atoms with Crippen molar-refractivity contribution in [1.82, 2.24) is 10.2 Å². The summed E-state index contributed by atoms with van der Waals surface area (Å²) < 4.78 is 10.5. The van der Waals surface area contributed by atoms with E-state index in [1.165, 1.54) is 6.26 Å². The average Bonchev–Trinajstić information content (AvgIpc) is 3.28. The number of ether oxygens (including phenoxy) is 1. The van der Waals surface area contributed by atoms with Gasteiger partial charge < -0.3 is 19.4 Å². The van der Waals surface area contributed by atoms with Gasteiger partial charge in [0.15, 0.2) is 11.5 Å². The number of carbonyl (C=O) groups is 3. The van der Waals surface area contributed by atoms with Crippen LogP contribution in [0.1, 0.15) is 53.5 Å². The van der Waals surface area contributed by atoms with Crippen LogP contribution in [-0.2, 0) is 4.79 Å². The summed E-state index contributed by atoms with van der Waals surface area (Å²) in [6.07, 6.45) is 3.16. The summed E-state index contributed by atoms with van der Waals surface area (Å²) in [6.45, 7) is 3.60. The van der Waals surface area contributed by atoms with E-state index in [1.54, 1.807) is 41.3 Å². The Morgan fingerprint density at radius 1 is 1.10 bits per heavy atom. The van der Waals surface area contributed by atoms with E-state index in [-0.39, 0.29) is 36.5 Å². The lowest BCUT2D eigenvalue weighted by Crippen LogP contribution is -2.46. The molecule has 7 heteroatoms. The maximum Gasteiger partial charge on any atom is 0.289 e. The molecule has 3 rings (SSSR count). The molecule has 0 spiro atoms. The number of likely N-dealkylation sites (tertiary alicyclic amines) is 1. The molecule has 0 aliphatic carbocycles. The number of Topliss-reactive ketones (excluding diaryl/α,β-unsaturated/α-hetero) is 1. The van der Waals surface area contributed by atoms with E-state index in [9.17, 15) is 14.4 Å². The second-order valence-electron chi connectivity index (χ2n) is 6.99. The number of carbonyl (C=O) groups excluding carboxylic acids is 3. The van der Waals surface area contributed by atoms with Gasteiger partial charge in [-0.3, -0.25) is 14.4 Å². The quantitative estimate of drug-likeness (QED) is 0.691. The van der Waals surface area contributed by atoms with Crippen LogP contribution in [0.2, 0.25) is 0 Å². The molecule has 0 radical (unpaired) electrons. The van der Waals surface area contributed by atoms with Gasteiger partial charge in [-0.25, -0.2) is 0 Å². The normalized spacial score (nSPS) is 14.4. The first-order valence-electron chi connectivity index (χ1n) is 9.95. The van der Waals surface area contributed by atoms with Crippen LogP contribution in [0.5, 0.6) is 5.75 Å². The van der Waals surface area contributed by atoms with Crippen molar-refractivity contribution in [3.63, 3.8) is 0 Å². The van der Waals surface area contributed by atoms with Crippen molar-refractivity contribution < 1.29 is 23.5 Å². The summed E-state index contributed by atoms with van der Waals surface area (Å²) in [4.78, 5) is 38.5. The van der Waals surface area contributed by atoms with E-state index in [0.29, 0.717) is 43.9 Å². The van der Waals surface area contributed by atoms with Gasteiger partial charge in [0.05, 0.1) is 12.9 Å². The molecule has 1 N–H and O–H groups in total. The Bertz CT molecular complexity index is 821. The minimum Gasteiger partial charge on any atom is -0.494 e. The zero-order valence-electron chi connectivity index (χ0n) is 16.6. The van der Waals surface area contributed by atoms with Crippen LogP contribution in [-0.4, -0.2) is 48.2 Å². The fourth-order valence-corrected chi connectivity index (χ4v) is 3.36. The third-order valence-corrected chi connectivity index (χ3v) is 4.95. The molecule has 0 atom stereocenters. The molecule has 1 aliphatic rings. The molecule has 7 nitrogen and oxygen atoms in total. The van der Waals surface area contributed by atoms with Gasteiger partial charge >= 0.3 is 0 Å². The molecule has 2 amide bonds. The smallest absolute Gasteiger partial charge is 0.289 e. The first kappa shape index (κ1) is 20.6. The van der Waals surface area contributed by atoms with Gasteiger partial charge in [-0.05, 0) is 56.2 Å². The zero-order chi connectivity index (χ0) is 20.6. The fraction of sp³-hybridized carbons (Fsp3) is 0.409. The lowest BCUT2D eigenvalue weighted by molar-refractivity contribution is -0.122. The Hall–Kier alpha value is -3.09. The second kappa shape index (κ2) is 9.91. The minimum atomic E-state index is -0.139. The summed E-state index contributed by atoms with van der Waals surface area (Å²) in [6, 6.07) is 10.3. The highest BCUT2D eigenvalue weighted by molar-refractivity contribution is 5.98. The SMILES string of the molecule is CCOc1ccc(C(=O)CCC(=O)NC2CCN(C(=O)c3ccco3)CC2)cc1. The number of amides is 2. The average molecular weight is 398 g/mol. The van der Waals surface area contributed by atoms with Gasteiger partial charge in [-0.15, -0.1) is 0 Å². The van der Waals surface area contributed by atoms with Crippen molar-refractivity contribution in [3.8, 4) is 5.75 Å². The Morgan fingerprint density at radius 3 is 2.45 bits per heavy atom. The van der Waals surface area contributed by atoms with Crippen molar-refractivity contribution in [1.29, 1.82) is 0 Å². The third-order valence-electron chi connectivity index (χ3n) is 4.95. The lowest BCUT2D eigenvalue weighted by atomic mass is 10.0. The Kier molecular flexibility index (Phi) is 7.05. The van der Waals surface area contributed by atoms with Crippen molar-refractivity contribution in [2.45, 2.75) is 38.6 Å². The van der Waals surface area contributed by atoms with Gasteiger partial charge in [-0.2, -0.15) is 0 Å². The third kappa shape index (κ3) is 5.70. The fourth-order valence-electron chi connectivity index (χ4n) is 3.36. The molecule has 0 saturated carbocycles. The van der Waals surface area contributed by atoms with Gasteiger partial charge in [0.1, 0.15) is 5.75 Å². The van der Waals surface area contributed by atoms with E-state index in [2.05, 4.69) is 5.32 Å². The van der Waals surface area contributed by atoms with Crippen LogP contribution < -0.4 is 10.1 Å². The highest BCUT2D eigenvalue weighted by atomic mass is 16.5. The van der Waals surface area contributed by atoms with Gasteiger partial charge in [-0.1, -0.05) is 0 Å². The number of benzene rings is 1. The summed E-state index contributed by atoms with van der Waals surface area (Å²) in [5.74, 6) is 0.724. The predicted octanol–water partition coefficient (Wildman–Crippen LogP) is 3.06. The molecule has 1 saturated heterocycles. The van der Waals surface area contributed by atoms with Crippen LogP contribution in [0.15, 0.2) is 47.1 Å². The summed E-state index contributed by atoms with van der Waals surface area (Å²) >= 11 is 0. The number of furan rings is 1. The molecule has 1 aromatic heterocycles. The van der Waals surface area contributed by atoms with Crippen LogP contribution >= 0.6 is 0 Å². The molecule has 1 aliphatic heterocycles. The van der Waals surface area contributed by atoms with Crippen LogP contribution in [0.25, 0.3) is 0 Å². The molecular formula is C22H26N2O5. The highest BCUT2D eigenvalue weighted by Crippen LogP contribution is 2.16. The topological polar surface area (TPSA) is 88.9 Å². The van der Waals surface area contributed by atoms with E-state index < -0.39 is 0 Å². The standard InChI is InChI=1S/C22H26N2O5/c1-2-28-18-7-5-16(6-8-18)19(25)9-10-21(26)23-17-11-13-24(14-12-17)22(27)20-4-3-15-29-20/h3-8,15,17H,2,9-14H2,1H3,(H,23,26). The number of ketones is 1. The molecular weight excluding hydrogens is 372 g/mol. The number of nitrogens with one attached hydrogen (secondary N) is 1. The van der Waals surface area contributed by atoms with Crippen LogP contribution in [0.4, 0.5) is 0 Å². The van der Waals surface area contributed by atoms with Crippen molar-refractivity contribution in [2.24, 2.45) is 0 Å².